The summed E-state index contributed by atoms with van der Waals surface area (Å²) >= 11 is 0. The van der Waals surface area contributed by atoms with Gasteiger partial charge in [0.05, 0.1) is 6.54 Å². The van der Waals surface area contributed by atoms with Crippen molar-refractivity contribution in [1.82, 2.24) is 0 Å². The Hall–Kier alpha value is -0.440. The Bertz CT molecular complexity index is 127. The van der Waals surface area contributed by atoms with Crippen LogP contribution in [0.4, 0.5) is 0 Å². The lowest BCUT2D eigenvalue weighted by Gasteiger charge is -2.14. The average Bonchev–Trinajstić information content (AvgIpc) is 2.39. The molecule has 0 radical (unpaired) electrons. The molecule has 0 aromatic heterocycles. The molecule has 0 aromatic carbocycles. The molecule has 1 rings (SSSR count). The lowest BCUT2D eigenvalue weighted by Crippen LogP contribution is -2.15. The normalized spacial score (nSPS) is 30.6. The topological polar surface area (TPSA) is 55.4 Å². The molecule has 3 heteroatoms. The molecule has 0 amide bonds. The summed E-state index contributed by atoms with van der Waals surface area (Å²) < 4.78 is 0. The van der Waals surface area contributed by atoms with E-state index in [9.17, 15) is 4.91 Å². The van der Waals surface area contributed by atoms with Gasteiger partial charge in [-0.1, -0.05) is 18.0 Å². The Kier molecular flexibility index (Phi) is 3.49. The SMILES string of the molecule is NCCC1CCCC1CN=O. The van der Waals surface area contributed by atoms with Crippen molar-refractivity contribution >= 4 is 0 Å². The highest BCUT2D eigenvalue weighted by molar-refractivity contribution is 4.78. The minimum atomic E-state index is 0.505. The van der Waals surface area contributed by atoms with Crippen molar-refractivity contribution in [3.8, 4) is 0 Å². The first-order chi connectivity index (χ1) is 5.38. The molecule has 0 saturated heterocycles. The van der Waals surface area contributed by atoms with Crippen LogP contribution in [0.15, 0.2) is 5.18 Å². The molecule has 0 heterocycles. The van der Waals surface area contributed by atoms with E-state index in [-0.39, 0.29) is 0 Å². The fraction of sp³-hybridized carbons (Fsp3) is 1.00. The summed E-state index contributed by atoms with van der Waals surface area (Å²) in [5, 5.41) is 2.96. The molecule has 1 saturated carbocycles. The van der Waals surface area contributed by atoms with Crippen LogP contribution >= 0.6 is 0 Å². The lowest BCUT2D eigenvalue weighted by atomic mass is 9.93. The van der Waals surface area contributed by atoms with Gasteiger partial charge < -0.3 is 5.73 Å². The zero-order valence-electron chi connectivity index (χ0n) is 6.83. The van der Waals surface area contributed by atoms with Gasteiger partial charge in [-0.25, -0.2) is 0 Å². The quantitative estimate of drug-likeness (QED) is 0.627. The number of nitrogens with zero attached hydrogens (tertiary/aromatic N) is 1. The van der Waals surface area contributed by atoms with Gasteiger partial charge >= 0.3 is 0 Å². The van der Waals surface area contributed by atoms with Crippen molar-refractivity contribution in [3.05, 3.63) is 4.91 Å². The summed E-state index contributed by atoms with van der Waals surface area (Å²) in [7, 11) is 0. The fourth-order valence-electron chi connectivity index (χ4n) is 2.04. The first kappa shape index (κ1) is 8.65. The van der Waals surface area contributed by atoms with Crippen molar-refractivity contribution < 1.29 is 0 Å². The van der Waals surface area contributed by atoms with E-state index in [2.05, 4.69) is 5.18 Å². The highest BCUT2D eigenvalue weighted by Gasteiger charge is 2.26. The first-order valence-corrected chi connectivity index (χ1v) is 4.37. The van der Waals surface area contributed by atoms with Crippen LogP contribution in [0.5, 0.6) is 0 Å². The smallest absolute Gasteiger partial charge is 0.0841 e. The highest BCUT2D eigenvalue weighted by Crippen LogP contribution is 2.33. The van der Waals surface area contributed by atoms with Gasteiger partial charge in [0.1, 0.15) is 0 Å². The molecule has 3 nitrogen and oxygen atoms in total. The molecule has 0 aromatic rings. The first-order valence-electron chi connectivity index (χ1n) is 4.37. The van der Waals surface area contributed by atoms with Gasteiger partial charge in [-0.2, -0.15) is 4.91 Å². The Labute approximate surface area is 67.3 Å². The molecule has 0 aliphatic heterocycles. The van der Waals surface area contributed by atoms with Crippen LogP contribution in [0.1, 0.15) is 25.7 Å². The number of hydrogen-bond acceptors (Lipinski definition) is 3. The number of nitroso groups, excluding NO2 is 1. The van der Waals surface area contributed by atoms with E-state index >= 15 is 0 Å². The van der Waals surface area contributed by atoms with Crippen LogP contribution in [0.2, 0.25) is 0 Å². The van der Waals surface area contributed by atoms with E-state index in [1.165, 1.54) is 19.3 Å². The Balaban J connectivity index is 2.31. The minimum absolute atomic E-state index is 0.505. The molecule has 1 aliphatic carbocycles. The van der Waals surface area contributed by atoms with Gasteiger partial charge in [0.2, 0.25) is 0 Å². The molecular weight excluding hydrogens is 140 g/mol. The van der Waals surface area contributed by atoms with Crippen LogP contribution in [0.3, 0.4) is 0 Å². The van der Waals surface area contributed by atoms with Crippen molar-refractivity contribution in [2.45, 2.75) is 25.7 Å². The number of nitrogens with two attached hydrogens (primary N) is 1. The van der Waals surface area contributed by atoms with Crippen molar-refractivity contribution in [1.29, 1.82) is 0 Å². The maximum Gasteiger partial charge on any atom is 0.0841 e. The maximum absolute atomic E-state index is 10.0. The molecular formula is C8H16N2O. The molecule has 2 atom stereocenters. The average molecular weight is 156 g/mol. The van der Waals surface area contributed by atoms with E-state index in [1.807, 2.05) is 0 Å². The van der Waals surface area contributed by atoms with Gasteiger partial charge in [-0.15, -0.1) is 0 Å². The summed E-state index contributed by atoms with van der Waals surface area (Å²) in [6.45, 7) is 1.25. The van der Waals surface area contributed by atoms with Crippen molar-refractivity contribution in [3.63, 3.8) is 0 Å². The molecule has 2 unspecified atom stereocenters. The zero-order chi connectivity index (χ0) is 8.10. The summed E-state index contributed by atoms with van der Waals surface area (Å²) in [6, 6.07) is 0. The largest absolute Gasteiger partial charge is 0.330 e. The molecule has 1 aliphatic rings. The Morgan fingerprint density at radius 3 is 2.73 bits per heavy atom. The maximum atomic E-state index is 10.0. The Morgan fingerprint density at radius 1 is 1.36 bits per heavy atom. The Morgan fingerprint density at radius 2 is 2.09 bits per heavy atom. The van der Waals surface area contributed by atoms with E-state index in [0.717, 1.165) is 13.0 Å². The second kappa shape index (κ2) is 4.44. The van der Waals surface area contributed by atoms with Gasteiger partial charge in [0.15, 0.2) is 0 Å². The standard InChI is InChI=1S/C8H16N2O/c9-5-4-7-2-1-3-8(7)6-10-11/h7-8H,1-6,9H2. The van der Waals surface area contributed by atoms with Crippen LogP contribution < -0.4 is 5.73 Å². The van der Waals surface area contributed by atoms with Gasteiger partial charge in [0.25, 0.3) is 0 Å². The van der Waals surface area contributed by atoms with Crippen molar-refractivity contribution in [2.24, 2.45) is 22.7 Å². The second-order valence-electron chi connectivity index (χ2n) is 3.34. The predicted molar refractivity (Wildman–Crippen MR) is 45.2 cm³/mol. The molecule has 1 fully saturated rings. The molecule has 11 heavy (non-hydrogen) atoms. The number of rotatable bonds is 4. The molecule has 0 bridgehead atoms. The lowest BCUT2D eigenvalue weighted by molar-refractivity contribution is 0.377. The minimum Gasteiger partial charge on any atom is -0.330 e. The van der Waals surface area contributed by atoms with E-state index in [1.54, 1.807) is 0 Å². The third kappa shape index (κ3) is 2.26. The summed E-state index contributed by atoms with van der Waals surface area (Å²) in [4.78, 5) is 10.0. The zero-order valence-corrected chi connectivity index (χ0v) is 6.83. The summed E-state index contributed by atoms with van der Waals surface area (Å²) in [5.41, 5.74) is 5.46. The molecule has 64 valence electrons. The van der Waals surface area contributed by atoms with Crippen LogP contribution in [0, 0.1) is 16.7 Å². The van der Waals surface area contributed by atoms with Gasteiger partial charge in [-0.05, 0) is 31.2 Å². The van der Waals surface area contributed by atoms with Crippen LogP contribution in [-0.4, -0.2) is 13.1 Å². The highest BCUT2D eigenvalue weighted by atomic mass is 16.3. The van der Waals surface area contributed by atoms with Crippen LogP contribution in [-0.2, 0) is 0 Å². The third-order valence-corrected chi connectivity index (χ3v) is 2.66. The molecule has 0 spiro atoms. The van der Waals surface area contributed by atoms with Gasteiger partial charge in [0, 0.05) is 0 Å². The summed E-state index contributed by atoms with van der Waals surface area (Å²) in [6.07, 6.45) is 4.75. The third-order valence-electron chi connectivity index (χ3n) is 2.66. The predicted octanol–water partition coefficient (Wildman–Crippen LogP) is 1.52. The monoisotopic (exact) mass is 156 g/mol. The fourth-order valence-corrected chi connectivity index (χ4v) is 2.04. The molecule has 2 N–H and O–H groups in total. The number of hydrogen-bond donors (Lipinski definition) is 1. The van der Waals surface area contributed by atoms with E-state index in [4.69, 9.17) is 5.73 Å². The second-order valence-corrected chi connectivity index (χ2v) is 3.34. The van der Waals surface area contributed by atoms with Crippen molar-refractivity contribution in [2.75, 3.05) is 13.1 Å². The van der Waals surface area contributed by atoms with E-state index in [0.29, 0.717) is 18.4 Å². The van der Waals surface area contributed by atoms with Crippen LogP contribution in [0.25, 0.3) is 0 Å². The summed E-state index contributed by atoms with van der Waals surface area (Å²) in [5.74, 6) is 1.22. The van der Waals surface area contributed by atoms with E-state index < -0.39 is 0 Å². The van der Waals surface area contributed by atoms with Gasteiger partial charge in [-0.3, -0.25) is 0 Å².